The molecule has 0 bridgehead atoms. The average molecular weight is 212 g/mol. The fourth-order valence-electron chi connectivity index (χ4n) is 1.63. The minimum absolute atomic E-state index is 0.519. The van der Waals surface area contributed by atoms with E-state index in [0.717, 1.165) is 23.9 Å². The molecule has 14 heavy (non-hydrogen) atoms. The van der Waals surface area contributed by atoms with Gasteiger partial charge in [0, 0.05) is 11.1 Å². The van der Waals surface area contributed by atoms with Gasteiger partial charge >= 0.3 is 0 Å². The smallest absolute Gasteiger partial charge is 0.119 e. The van der Waals surface area contributed by atoms with Crippen LogP contribution in [0.3, 0.4) is 0 Å². The number of benzene rings is 1. The van der Waals surface area contributed by atoms with Crippen molar-refractivity contribution < 1.29 is 4.74 Å². The lowest BCUT2D eigenvalue weighted by molar-refractivity contribution is 0.277. The summed E-state index contributed by atoms with van der Waals surface area (Å²) in [5, 5.41) is 4.13. The predicted octanol–water partition coefficient (Wildman–Crippen LogP) is 2.47. The Morgan fingerprint density at radius 3 is 2.79 bits per heavy atom. The second kappa shape index (κ2) is 4.67. The van der Waals surface area contributed by atoms with Gasteiger partial charge in [0.15, 0.2) is 0 Å². The molecule has 1 aromatic carbocycles. The number of hydrogen-bond donors (Lipinski definition) is 1. The largest absolute Gasteiger partial charge is 0.492 e. The van der Waals surface area contributed by atoms with Gasteiger partial charge in [0.25, 0.3) is 0 Å². The molecule has 1 fully saturated rings. The first kappa shape index (κ1) is 9.81. The summed E-state index contributed by atoms with van der Waals surface area (Å²) in [4.78, 5) is 0. The maximum absolute atomic E-state index is 5.77. The van der Waals surface area contributed by atoms with Gasteiger partial charge in [0.2, 0.25) is 0 Å². The summed E-state index contributed by atoms with van der Waals surface area (Å²) in [7, 11) is 0. The molecule has 1 aliphatic rings. The Labute approximate surface area is 89.2 Å². The first-order chi connectivity index (χ1) is 6.84. The lowest BCUT2D eigenvalue weighted by Crippen LogP contribution is -2.28. The van der Waals surface area contributed by atoms with E-state index < -0.39 is 0 Å². The molecular formula is C11H14ClNO. The Morgan fingerprint density at radius 2 is 2.14 bits per heavy atom. The van der Waals surface area contributed by atoms with Gasteiger partial charge in [-0.2, -0.15) is 0 Å². The fraction of sp³-hybridized carbons (Fsp3) is 0.455. The highest BCUT2D eigenvalue weighted by Crippen LogP contribution is 2.16. The van der Waals surface area contributed by atoms with Crippen LogP contribution in [0.1, 0.15) is 12.8 Å². The summed E-state index contributed by atoms with van der Waals surface area (Å²) < 4.78 is 5.62. The molecule has 3 heteroatoms. The molecule has 0 amide bonds. The van der Waals surface area contributed by atoms with Crippen molar-refractivity contribution in [2.45, 2.75) is 18.9 Å². The van der Waals surface area contributed by atoms with Crippen LogP contribution in [-0.4, -0.2) is 19.2 Å². The van der Waals surface area contributed by atoms with Crippen molar-refractivity contribution in [3.63, 3.8) is 0 Å². The zero-order chi connectivity index (χ0) is 9.80. The van der Waals surface area contributed by atoms with Crippen molar-refractivity contribution in [3.05, 3.63) is 29.3 Å². The highest BCUT2D eigenvalue weighted by Gasteiger charge is 2.13. The van der Waals surface area contributed by atoms with E-state index in [1.807, 2.05) is 24.3 Å². The van der Waals surface area contributed by atoms with Crippen molar-refractivity contribution in [2.75, 3.05) is 13.2 Å². The zero-order valence-electron chi connectivity index (χ0n) is 8.00. The summed E-state index contributed by atoms with van der Waals surface area (Å²) in [6.45, 7) is 1.87. The Morgan fingerprint density at radius 1 is 1.36 bits per heavy atom. The van der Waals surface area contributed by atoms with Crippen LogP contribution in [0.25, 0.3) is 0 Å². The molecule has 1 atom stereocenters. The summed E-state index contributed by atoms with van der Waals surface area (Å²) in [5.74, 6) is 0.892. The fourth-order valence-corrected chi connectivity index (χ4v) is 1.75. The lowest BCUT2D eigenvalue weighted by Gasteiger charge is -2.11. The highest BCUT2D eigenvalue weighted by molar-refractivity contribution is 6.30. The molecule has 0 spiro atoms. The van der Waals surface area contributed by atoms with Gasteiger partial charge in [-0.15, -0.1) is 0 Å². The predicted molar refractivity (Wildman–Crippen MR) is 58.0 cm³/mol. The molecular weight excluding hydrogens is 198 g/mol. The maximum Gasteiger partial charge on any atom is 0.119 e. The Bertz CT molecular complexity index is 280. The van der Waals surface area contributed by atoms with Crippen molar-refractivity contribution in [1.29, 1.82) is 0 Å². The van der Waals surface area contributed by atoms with E-state index >= 15 is 0 Å². The quantitative estimate of drug-likeness (QED) is 0.830. The van der Waals surface area contributed by atoms with Crippen LogP contribution in [0.15, 0.2) is 24.3 Å². The van der Waals surface area contributed by atoms with Crippen molar-refractivity contribution in [1.82, 2.24) is 5.32 Å². The SMILES string of the molecule is Clc1ccc(OC[C@H]2CCCN2)cc1. The van der Waals surface area contributed by atoms with E-state index in [9.17, 15) is 0 Å². The number of halogens is 1. The van der Waals surface area contributed by atoms with Crippen LogP contribution in [-0.2, 0) is 0 Å². The van der Waals surface area contributed by atoms with Crippen LogP contribution >= 0.6 is 11.6 Å². The zero-order valence-corrected chi connectivity index (χ0v) is 8.76. The number of ether oxygens (including phenoxy) is 1. The minimum Gasteiger partial charge on any atom is -0.492 e. The summed E-state index contributed by atoms with van der Waals surface area (Å²) in [5.41, 5.74) is 0. The standard InChI is InChI=1S/C11H14ClNO/c12-9-3-5-11(6-4-9)14-8-10-2-1-7-13-10/h3-6,10,13H,1-2,7-8H2/t10-/m1/s1. The molecule has 1 saturated heterocycles. The van der Waals surface area contributed by atoms with Gasteiger partial charge in [-0.25, -0.2) is 0 Å². The van der Waals surface area contributed by atoms with Crippen LogP contribution in [0.2, 0.25) is 5.02 Å². The Kier molecular flexibility index (Phi) is 3.27. The van der Waals surface area contributed by atoms with Gasteiger partial charge in [-0.1, -0.05) is 11.6 Å². The summed E-state index contributed by atoms with van der Waals surface area (Å²) in [6, 6.07) is 8.01. The monoisotopic (exact) mass is 211 g/mol. The van der Waals surface area contributed by atoms with Crippen molar-refractivity contribution >= 4 is 11.6 Å². The molecule has 1 heterocycles. The van der Waals surface area contributed by atoms with E-state index in [2.05, 4.69) is 5.32 Å². The van der Waals surface area contributed by atoms with E-state index in [1.165, 1.54) is 12.8 Å². The molecule has 1 aliphatic heterocycles. The average Bonchev–Trinajstić information content (AvgIpc) is 2.70. The normalized spacial score (nSPS) is 21.1. The lowest BCUT2D eigenvalue weighted by atomic mass is 10.2. The molecule has 0 saturated carbocycles. The van der Waals surface area contributed by atoms with Crippen LogP contribution in [0.5, 0.6) is 5.75 Å². The summed E-state index contributed by atoms with van der Waals surface area (Å²) >= 11 is 5.77. The maximum atomic E-state index is 5.77. The first-order valence-electron chi connectivity index (χ1n) is 4.96. The van der Waals surface area contributed by atoms with Crippen molar-refractivity contribution in [2.24, 2.45) is 0 Å². The van der Waals surface area contributed by atoms with Gasteiger partial charge in [-0.05, 0) is 43.7 Å². The molecule has 0 aliphatic carbocycles. The van der Waals surface area contributed by atoms with Crippen LogP contribution in [0.4, 0.5) is 0 Å². The molecule has 0 unspecified atom stereocenters. The first-order valence-corrected chi connectivity index (χ1v) is 5.34. The van der Waals surface area contributed by atoms with E-state index in [0.29, 0.717) is 6.04 Å². The number of hydrogen-bond acceptors (Lipinski definition) is 2. The Hall–Kier alpha value is -0.730. The minimum atomic E-state index is 0.519. The third-order valence-electron chi connectivity index (χ3n) is 2.43. The van der Waals surface area contributed by atoms with Crippen LogP contribution < -0.4 is 10.1 Å². The topological polar surface area (TPSA) is 21.3 Å². The van der Waals surface area contributed by atoms with Crippen molar-refractivity contribution in [3.8, 4) is 5.75 Å². The summed E-state index contributed by atoms with van der Waals surface area (Å²) in [6.07, 6.45) is 2.47. The third-order valence-corrected chi connectivity index (χ3v) is 2.68. The van der Waals surface area contributed by atoms with Gasteiger partial charge in [0.1, 0.15) is 12.4 Å². The molecule has 1 aromatic rings. The molecule has 0 aromatic heterocycles. The highest BCUT2D eigenvalue weighted by atomic mass is 35.5. The van der Waals surface area contributed by atoms with E-state index in [4.69, 9.17) is 16.3 Å². The molecule has 2 nitrogen and oxygen atoms in total. The van der Waals surface area contributed by atoms with Gasteiger partial charge < -0.3 is 10.1 Å². The second-order valence-electron chi connectivity index (χ2n) is 3.56. The molecule has 0 radical (unpaired) electrons. The molecule has 2 rings (SSSR count). The van der Waals surface area contributed by atoms with E-state index in [-0.39, 0.29) is 0 Å². The van der Waals surface area contributed by atoms with Gasteiger partial charge in [-0.3, -0.25) is 0 Å². The molecule has 1 N–H and O–H groups in total. The third kappa shape index (κ3) is 2.63. The Balaban J connectivity index is 1.82. The number of rotatable bonds is 3. The number of nitrogens with one attached hydrogen (secondary N) is 1. The molecule has 76 valence electrons. The second-order valence-corrected chi connectivity index (χ2v) is 3.99. The van der Waals surface area contributed by atoms with Gasteiger partial charge in [0.05, 0.1) is 0 Å². The van der Waals surface area contributed by atoms with Crippen LogP contribution in [0, 0.1) is 0 Å². The van der Waals surface area contributed by atoms with E-state index in [1.54, 1.807) is 0 Å².